The van der Waals surface area contributed by atoms with Crippen molar-refractivity contribution in [2.45, 2.75) is 13.8 Å². The molecule has 0 rings (SSSR count). The number of nitrogens with one attached hydrogen (secondary N) is 1. The summed E-state index contributed by atoms with van der Waals surface area (Å²) in [4.78, 5) is 10.5. The van der Waals surface area contributed by atoms with Crippen LogP contribution in [-0.4, -0.2) is 17.3 Å². The van der Waals surface area contributed by atoms with Crippen molar-refractivity contribution in [2.24, 2.45) is 0 Å². The predicted octanol–water partition coefficient (Wildman–Crippen LogP) is 1.61. The summed E-state index contributed by atoms with van der Waals surface area (Å²) < 4.78 is 0. The van der Waals surface area contributed by atoms with Gasteiger partial charge in [-0.05, 0) is 19.4 Å². The van der Waals surface area contributed by atoms with Crippen LogP contribution in [0.3, 0.4) is 0 Å². The van der Waals surface area contributed by atoms with E-state index in [1.165, 1.54) is 6.08 Å². The van der Waals surface area contributed by atoms with Crippen molar-refractivity contribution < 1.29 is 9.90 Å². The van der Waals surface area contributed by atoms with Crippen molar-refractivity contribution in [3.05, 3.63) is 23.3 Å². The first kappa shape index (κ1) is 9.62. The first-order valence-electron chi connectivity index (χ1n) is 3.20. The van der Waals surface area contributed by atoms with Crippen LogP contribution in [-0.2, 0) is 4.79 Å². The lowest BCUT2D eigenvalue weighted by Crippen LogP contribution is -2.01. The molecule has 0 saturated heterocycles. The van der Waals surface area contributed by atoms with Gasteiger partial charge >= 0.3 is 5.97 Å². The molecular formula is C8H11NO2. The summed E-state index contributed by atoms with van der Waals surface area (Å²) in [6, 6.07) is 0. The topological polar surface area (TPSA) is 61.1 Å². The van der Waals surface area contributed by atoms with Crippen LogP contribution in [0.5, 0.6) is 0 Å². The Balaban J connectivity index is 4.87. The maximum absolute atomic E-state index is 10.5. The van der Waals surface area contributed by atoms with Gasteiger partial charge in [-0.15, -0.1) is 0 Å². The summed E-state index contributed by atoms with van der Waals surface area (Å²) in [5.41, 5.74) is 0.623. The SMILES string of the molecule is C/C=C\C(C(=O)O)=C(\C)C=N. The van der Waals surface area contributed by atoms with Gasteiger partial charge < -0.3 is 10.5 Å². The van der Waals surface area contributed by atoms with Crippen LogP contribution >= 0.6 is 0 Å². The second-order valence-electron chi connectivity index (χ2n) is 2.05. The van der Waals surface area contributed by atoms with Crippen LogP contribution in [0.2, 0.25) is 0 Å². The van der Waals surface area contributed by atoms with Crippen LogP contribution in [0, 0.1) is 5.41 Å². The Bertz CT molecular complexity index is 226. The molecule has 0 bridgehead atoms. The van der Waals surface area contributed by atoms with Crippen molar-refractivity contribution in [1.29, 1.82) is 5.41 Å². The summed E-state index contributed by atoms with van der Waals surface area (Å²) in [7, 11) is 0. The molecule has 0 unspecified atom stereocenters. The van der Waals surface area contributed by atoms with Gasteiger partial charge in [0.15, 0.2) is 0 Å². The van der Waals surface area contributed by atoms with E-state index < -0.39 is 5.97 Å². The minimum atomic E-state index is -0.996. The van der Waals surface area contributed by atoms with E-state index in [0.717, 1.165) is 6.21 Å². The highest BCUT2D eigenvalue weighted by molar-refractivity contribution is 5.97. The Hall–Kier alpha value is -1.38. The third-order valence-corrected chi connectivity index (χ3v) is 1.21. The molecule has 0 aliphatic heterocycles. The van der Waals surface area contributed by atoms with E-state index in [0.29, 0.717) is 5.57 Å². The van der Waals surface area contributed by atoms with Crippen LogP contribution in [0.25, 0.3) is 0 Å². The van der Waals surface area contributed by atoms with E-state index in [1.54, 1.807) is 19.9 Å². The lowest BCUT2D eigenvalue weighted by molar-refractivity contribution is -0.132. The minimum Gasteiger partial charge on any atom is -0.478 e. The summed E-state index contributed by atoms with van der Waals surface area (Å²) in [5, 5.41) is 15.4. The second kappa shape index (κ2) is 4.44. The fourth-order valence-electron chi connectivity index (χ4n) is 0.616. The molecule has 0 aromatic carbocycles. The number of hydrogen-bond donors (Lipinski definition) is 2. The lowest BCUT2D eigenvalue weighted by Gasteiger charge is -1.95. The Kier molecular flexibility index (Phi) is 3.88. The zero-order chi connectivity index (χ0) is 8.85. The monoisotopic (exact) mass is 153 g/mol. The van der Waals surface area contributed by atoms with Crippen molar-refractivity contribution in [2.75, 3.05) is 0 Å². The molecule has 0 spiro atoms. The maximum atomic E-state index is 10.5. The molecule has 0 aliphatic rings. The van der Waals surface area contributed by atoms with E-state index in [9.17, 15) is 4.79 Å². The number of carboxylic acids is 1. The fraction of sp³-hybridized carbons (Fsp3) is 0.250. The number of aliphatic carboxylic acids is 1. The van der Waals surface area contributed by atoms with E-state index >= 15 is 0 Å². The fourth-order valence-corrected chi connectivity index (χ4v) is 0.616. The van der Waals surface area contributed by atoms with Crippen molar-refractivity contribution >= 4 is 12.2 Å². The van der Waals surface area contributed by atoms with Gasteiger partial charge in [-0.25, -0.2) is 4.79 Å². The summed E-state index contributed by atoms with van der Waals surface area (Å²) >= 11 is 0. The molecule has 0 heterocycles. The highest BCUT2D eigenvalue weighted by Crippen LogP contribution is 2.03. The predicted molar refractivity (Wildman–Crippen MR) is 43.9 cm³/mol. The molecule has 60 valence electrons. The van der Waals surface area contributed by atoms with Crippen LogP contribution in [0.15, 0.2) is 23.3 Å². The molecule has 0 aliphatic carbocycles. The third-order valence-electron chi connectivity index (χ3n) is 1.21. The molecule has 3 heteroatoms. The Morgan fingerprint density at radius 3 is 2.36 bits per heavy atom. The first-order chi connectivity index (χ1) is 5.13. The van der Waals surface area contributed by atoms with Gasteiger partial charge in [-0.3, -0.25) is 0 Å². The average Bonchev–Trinajstić information content (AvgIpc) is 1.98. The Morgan fingerprint density at radius 2 is 2.09 bits per heavy atom. The zero-order valence-electron chi connectivity index (χ0n) is 6.59. The zero-order valence-corrected chi connectivity index (χ0v) is 6.59. The molecule has 0 aromatic rings. The quantitative estimate of drug-likeness (QED) is 0.367. The Labute approximate surface area is 65.6 Å². The van der Waals surface area contributed by atoms with E-state index in [4.69, 9.17) is 10.5 Å². The van der Waals surface area contributed by atoms with Gasteiger partial charge in [0.25, 0.3) is 0 Å². The van der Waals surface area contributed by atoms with E-state index in [1.807, 2.05) is 0 Å². The van der Waals surface area contributed by atoms with Crippen LogP contribution in [0.4, 0.5) is 0 Å². The molecule has 3 nitrogen and oxygen atoms in total. The molecule has 0 fully saturated rings. The van der Waals surface area contributed by atoms with Gasteiger partial charge in [0.1, 0.15) is 0 Å². The van der Waals surface area contributed by atoms with Crippen LogP contribution in [0.1, 0.15) is 13.8 Å². The molecule has 0 aromatic heterocycles. The number of allylic oxidation sites excluding steroid dienone is 2. The highest BCUT2D eigenvalue weighted by Gasteiger charge is 2.04. The molecular weight excluding hydrogens is 142 g/mol. The third kappa shape index (κ3) is 2.80. The number of carbonyl (C=O) groups is 1. The van der Waals surface area contributed by atoms with Crippen molar-refractivity contribution in [3.8, 4) is 0 Å². The second-order valence-corrected chi connectivity index (χ2v) is 2.05. The summed E-state index contributed by atoms with van der Waals surface area (Å²) in [6.07, 6.45) is 4.14. The standard InChI is InChI=1S/C8H11NO2/c1-3-4-7(8(10)11)6(2)5-9/h3-5,9H,1-2H3,(H,10,11)/b4-3-,7-6+,9-5?. The highest BCUT2D eigenvalue weighted by atomic mass is 16.4. The van der Waals surface area contributed by atoms with Crippen LogP contribution < -0.4 is 0 Å². The molecule has 0 radical (unpaired) electrons. The normalized spacial score (nSPS) is 12.9. The minimum absolute atomic E-state index is 0.169. The Morgan fingerprint density at radius 1 is 1.55 bits per heavy atom. The molecule has 11 heavy (non-hydrogen) atoms. The van der Waals surface area contributed by atoms with E-state index in [2.05, 4.69) is 0 Å². The van der Waals surface area contributed by atoms with Gasteiger partial charge in [-0.1, -0.05) is 12.2 Å². The van der Waals surface area contributed by atoms with Crippen molar-refractivity contribution in [3.63, 3.8) is 0 Å². The molecule has 0 amide bonds. The molecule has 0 atom stereocenters. The number of hydrogen-bond acceptors (Lipinski definition) is 2. The van der Waals surface area contributed by atoms with Crippen molar-refractivity contribution in [1.82, 2.24) is 0 Å². The molecule has 2 N–H and O–H groups in total. The van der Waals surface area contributed by atoms with Gasteiger partial charge in [0.05, 0.1) is 5.57 Å². The summed E-state index contributed by atoms with van der Waals surface area (Å²) in [6.45, 7) is 3.33. The lowest BCUT2D eigenvalue weighted by atomic mass is 10.1. The average molecular weight is 153 g/mol. The number of rotatable bonds is 3. The van der Waals surface area contributed by atoms with Gasteiger partial charge in [0, 0.05) is 6.21 Å². The van der Waals surface area contributed by atoms with Gasteiger partial charge in [-0.2, -0.15) is 0 Å². The van der Waals surface area contributed by atoms with E-state index in [-0.39, 0.29) is 5.57 Å². The largest absolute Gasteiger partial charge is 0.478 e. The smallest absolute Gasteiger partial charge is 0.335 e. The molecule has 0 saturated carbocycles. The first-order valence-corrected chi connectivity index (χ1v) is 3.20. The van der Waals surface area contributed by atoms with Gasteiger partial charge in [0.2, 0.25) is 0 Å². The maximum Gasteiger partial charge on any atom is 0.335 e. The summed E-state index contributed by atoms with van der Waals surface area (Å²) in [5.74, 6) is -0.996. The number of carboxylic acid groups (broad SMARTS) is 1.